The highest BCUT2D eigenvalue weighted by Gasteiger charge is 2.28. The van der Waals surface area contributed by atoms with Crippen molar-refractivity contribution in [3.05, 3.63) is 53.6 Å². The molecule has 0 aromatic heterocycles. The molecule has 0 aliphatic carbocycles. The van der Waals surface area contributed by atoms with Crippen LogP contribution in [-0.4, -0.2) is 40.6 Å². The van der Waals surface area contributed by atoms with Crippen LogP contribution in [0.5, 0.6) is 11.5 Å². The van der Waals surface area contributed by atoms with Gasteiger partial charge in [-0.1, -0.05) is 37.6 Å². The van der Waals surface area contributed by atoms with E-state index in [1.807, 2.05) is 6.92 Å². The number of amides is 1. The van der Waals surface area contributed by atoms with Crippen LogP contribution in [0.1, 0.15) is 25.0 Å². The molecule has 0 fully saturated rings. The predicted octanol–water partition coefficient (Wildman–Crippen LogP) is 3.27. The van der Waals surface area contributed by atoms with E-state index < -0.39 is 28.6 Å². The molecule has 1 amide bonds. The number of hydrogen-bond donors (Lipinski definition) is 2. The number of carbonyl (C=O) groups is 1. The molecule has 0 heterocycles. The van der Waals surface area contributed by atoms with Crippen LogP contribution in [0.15, 0.2) is 47.4 Å². The molecule has 32 heavy (non-hydrogen) atoms. The molecule has 10 heteroatoms. The first-order chi connectivity index (χ1) is 15.0. The van der Waals surface area contributed by atoms with Crippen molar-refractivity contribution in [1.82, 2.24) is 10.0 Å². The molecule has 0 saturated carbocycles. The Hall–Kier alpha value is -2.72. The van der Waals surface area contributed by atoms with Gasteiger partial charge in [0.2, 0.25) is 15.9 Å². The quantitative estimate of drug-likeness (QED) is 0.526. The summed E-state index contributed by atoms with van der Waals surface area (Å²) < 4.78 is 62.1. The van der Waals surface area contributed by atoms with Crippen molar-refractivity contribution in [1.29, 1.82) is 0 Å². The molecule has 0 saturated heterocycles. The van der Waals surface area contributed by atoms with Crippen LogP contribution in [0.2, 0.25) is 0 Å². The van der Waals surface area contributed by atoms with Gasteiger partial charge in [0.15, 0.2) is 11.5 Å². The van der Waals surface area contributed by atoms with E-state index in [2.05, 4.69) is 14.8 Å². The van der Waals surface area contributed by atoms with Gasteiger partial charge in [-0.15, -0.1) is 0 Å². The molecular formula is C22H28F2N2O5S. The summed E-state index contributed by atoms with van der Waals surface area (Å²) in [5.41, 5.74) is 1.65. The Morgan fingerprint density at radius 3 is 2.28 bits per heavy atom. The van der Waals surface area contributed by atoms with E-state index in [4.69, 9.17) is 4.74 Å². The average molecular weight is 471 g/mol. The Morgan fingerprint density at radius 2 is 1.72 bits per heavy atom. The van der Waals surface area contributed by atoms with Gasteiger partial charge in [-0.05, 0) is 49.1 Å². The van der Waals surface area contributed by atoms with Gasteiger partial charge in [0.25, 0.3) is 0 Å². The predicted molar refractivity (Wildman–Crippen MR) is 116 cm³/mol. The summed E-state index contributed by atoms with van der Waals surface area (Å²) in [7, 11) is -2.53. The highest BCUT2D eigenvalue weighted by Crippen LogP contribution is 2.29. The SMILES string of the molecule is COc1cc(CCNC(=O)[C@@H](NS(=O)(=O)c2ccc(C)cc2)C(C)C)ccc1OC(F)F. The fourth-order valence-corrected chi connectivity index (χ4v) is 4.29. The third-order valence-corrected chi connectivity index (χ3v) is 6.18. The monoisotopic (exact) mass is 470 g/mol. The lowest BCUT2D eigenvalue weighted by Gasteiger charge is -2.22. The van der Waals surface area contributed by atoms with E-state index in [1.165, 1.54) is 25.3 Å². The number of hydrogen-bond acceptors (Lipinski definition) is 5. The molecule has 0 bridgehead atoms. The number of aryl methyl sites for hydroxylation is 1. The second-order valence-corrected chi connectivity index (χ2v) is 9.27. The molecule has 2 rings (SSSR count). The highest BCUT2D eigenvalue weighted by atomic mass is 32.2. The molecule has 0 unspecified atom stereocenters. The molecule has 2 aromatic carbocycles. The van der Waals surface area contributed by atoms with Crippen molar-refractivity contribution in [2.75, 3.05) is 13.7 Å². The van der Waals surface area contributed by atoms with Crippen molar-refractivity contribution in [2.45, 2.75) is 44.7 Å². The number of halogens is 2. The van der Waals surface area contributed by atoms with Crippen LogP contribution in [0.3, 0.4) is 0 Å². The van der Waals surface area contributed by atoms with Gasteiger partial charge in [0.05, 0.1) is 12.0 Å². The maximum atomic E-state index is 12.7. The van der Waals surface area contributed by atoms with Crippen LogP contribution in [0.25, 0.3) is 0 Å². The van der Waals surface area contributed by atoms with Gasteiger partial charge in [0, 0.05) is 6.54 Å². The summed E-state index contributed by atoms with van der Waals surface area (Å²) in [5, 5.41) is 2.72. The molecule has 0 aliphatic rings. The maximum absolute atomic E-state index is 12.7. The van der Waals surface area contributed by atoms with Crippen LogP contribution < -0.4 is 19.5 Å². The second-order valence-electron chi connectivity index (χ2n) is 7.56. The fourth-order valence-electron chi connectivity index (χ4n) is 2.95. The van der Waals surface area contributed by atoms with Gasteiger partial charge >= 0.3 is 6.61 Å². The lowest BCUT2D eigenvalue weighted by Crippen LogP contribution is -2.49. The van der Waals surface area contributed by atoms with Crippen molar-refractivity contribution < 1.29 is 31.5 Å². The van der Waals surface area contributed by atoms with E-state index >= 15 is 0 Å². The molecule has 2 N–H and O–H groups in total. The van der Waals surface area contributed by atoms with Crippen molar-refractivity contribution in [3.63, 3.8) is 0 Å². The van der Waals surface area contributed by atoms with Crippen LogP contribution in [0, 0.1) is 12.8 Å². The topological polar surface area (TPSA) is 93.7 Å². The number of sulfonamides is 1. The van der Waals surface area contributed by atoms with Gasteiger partial charge in [0.1, 0.15) is 6.04 Å². The maximum Gasteiger partial charge on any atom is 0.387 e. The molecule has 1 atom stereocenters. The lowest BCUT2D eigenvalue weighted by atomic mass is 10.0. The Morgan fingerprint density at radius 1 is 1.06 bits per heavy atom. The summed E-state index contributed by atoms with van der Waals surface area (Å²) in [6.07, 6.45) is 0.382. The zero-order chi connectivity index (χ0) is 23.9. The molecule has 0 radical (unpaired) electrons. The fraction of sp³-hybridized carbons (Fsp3) is 0.409. The van der Waals surface area contributed by atoms with E-state index in [1.54, 1.807) is 38.1 Å². The summed E-state index contributed by atoms with van der Waals surface area (Å²) in [4.78, 5) is 12.8. The number of alkyl halides is 2. The van der Waals surface area contributed by atoms with Crippen molar-refractivity contribution in [2.24, 2.45) is 5.92 Å². The molecule has 176 valence electrons. The van der Waals surface area contributed by atoms with E-state index in [0.717, 1.165) is 11.1 Å². The summed E-state index contributed by atoms with van der Waals surface area (Å²) in [5.74, 6) is -0.679. The lowest BCUT2D eigenvalue weighted by molar-refractivity contribution is -0.123. The molecule has 7 nitrogen and oxygen atoms in total. The molecular weight excluding hydrogens is 442 g/mol. The smallest absolute Gasteiger partial charge is 0.387 e. The number of carbonyl (C=O) groups excluding carboxylic acids is 1. The minimum atomic E-state index is -3.87. The van der Waals surface area contributed by atoms with E-state index in [-0.39, 0.29) is 28.9 Å². The Labute approximate surface area is 187 Å². The Kier molecular flexibility index (Phi) is 8.97. The number of benzene rings is 2. The van der Waals surface area contributed by atoms with E-state index in [9.17, 15) is 22.0 Å². The van der Waals surface area contributed by atoms with Gasteiger partial charge in [-0.3, -0.25) is 4.79 Å². The van der Waals surface area contributed by atoms with E-state index in [0.29, 0.717) is 6.42 Å². The highest BCUT2D eigenvalue weighted by molar-refractivity contribution is 7.89. The third-order valence-electron chi connectivity index (χ3n) is 4.72. The number of rotatable bonds is 11. The average Bonchev–Trinajstić information content (AvgIpc) is 2.72. The molecule has 0 aliphatic heterocycles. The minimum absolute atomic E-state index is 0.0827. The summed E-state index contributed by atoms with van der Waals surface area (Å²) in [6, 6.07) is 9.89. The third kappa shape index (κ3) is 7.16. The van der Waals surface area contributed by atoms with Crippen molar-refractivity contribution in [3.8, 4) is 11.5 Å². The van der Waals surface area contributed by atoms with Crippen molar-refractivity contribution >= 4 is 15.9 Å². The standard InChI is InChI=1S/C22H28F2N2O5S/c1-14(2)20(26-32(28,29)17-8-5-15(3)6-9-17)21(27)25-12-11-16-7-10-18(31-22(23)24)19(13-16)30-4/h5-10,13-14,20,22,26H,11-12H2,1-4H3,(H,25,27)/t20-/m0/s1. The zero-order valence-electron chi connectivity index (χ0n) is 18.4. The first-order valence-electron chi connectivity index (χ1n) is 10.0. The van der Waals surface area contributed by atoms with Gasteiger partial charge in [-0.2, -0.15) is 13.5 Å². The largest absolute Gasteiger partial charge is 0.493 e. The first-order valence-corrected chi connectivity index (χ1v) is 11.5. The van der Waals surface area contributed by atoms with Crippen LogP contribution in [-0.2, 0) is 21.2 Å². The second kappa shape index (κ2) is 11.2. The Balaban J connectivity index is 2.01. The molecule has 0 spiro atoms. The van der Waals surface area contributed by atoms with Gasteiger partial charge in [-0.25, -0.2) is 8.42 Å². The summed E-state index contributed by atoms with van der Waals surface area (Å²) in [6.45, 7) is 2.59. The number of methoxy groups -OCH3 is 1. The minimum Gasteiger partial charge on any atom is -0.493 e. The first kappa shape index (κ1) is 25.5. The van der Waals surface area contributed by atoms with Crippen LogP contribution >= 0.6 is 0 Å². The van der Waals surface area contributed by atoms with Gasteiger partial charge < -0.3 is 14.8 Å². The van der Waals surface area contributed by atoms with Crippen LogP contribution in [0.4, 0.5) is 8.78 Å². The number of nitrogens with one attached hydrogen (secondary N) is 2. The Bertz CT molecular complexity index is 1010. The zero-order valence-corrected chi connectivity index (χ0v) is 19.2. The molecule has 2 aromatic rings. The summed E-state index contributed by atoms with van der Waals surface area (Å²) >= 11 is 0. The normalized spacial score (nSPS) is 12.6. The number of ether oxygens (including phenoxy) is 2.